The van der Waals surface area contributed by atoms with Crippen LogP contribution < -0.4 is 5.32 Å². The molecular weight excluding hydrogens is 308 g/mol. The van der Waals surface area contributed by atoms with Crippen LogP contribution in [0.3, 0.4) is 0 Å². The molecule has 1 N–H and O–H groups in total. The van der Waals surface area contributed by atoms with Gasteiger partial charge in [0.15, 0.2) is 0 Å². The fourth-order valence-electron chi connectivity index (χ4n) is 1.77. The van der Waals surface area contributed by atoms with E-state index in [1.54, 1.807) is 11.0 Å². The standard InChI is InChI=1S/C15H21ClN2O2S/c1-4-18(5-2)15(20)10-21-9-14(19)17-12-7-6-11(3)13(16)8-12/h6-8H,4-5,9-10H2,1-3H3,(H,17,19). The summed E-state index contributed by atoms with van der Waals surface area (Å²) >= 11 is 7.32. The SMILES string of the molecule is CCN(CC)C(=O)CSCC(=O)Nc1ccc(C)c(Cl)c1. The first-order valence-corrected chi connectivity index (χ1v) is 8.42. The van der Waals surface area contributed by atoms with E-state index in [0.717, 1.165) is 5.56 Å². The zero-order valence-electron chi connectivity index (χ0n) is 12.6. The molecule has 1 rings (SSSR count). The number of anilines is 1. The molecule has 0 saturated heterocycles. The second-order valence-electron chi connectivity index (χ2n) is 4.57. The molecule has 0 aliphatic carbocycles. The maximum atomic E-state index is 11.8. The molecule has 0 aliphatic rings. The van der Waals surface area contributed by atoms with Crippen molar-refractivity contribution in [2.75, 3.05) is 29.9 Å². The molecule has 0 radical (unpaired) electrons. The molecule has 2 amide bonds. The number of hydrogen-bond acceptors (Lipinski definition) is 3. The van der Waals surface area contributed by atoms with Crippen LogP contribution in [0.2, 0.25) is 5.02 Å². The van der Waals surface area contributed by atoms with E-state index in [1.807, 2.05) is 32.9 Å². The molecule has 116 valence electrons. The predicted molar refractivity (Wildman–Crippen MR) is 90.1 cm³/mol. The molecule has 0 aromatic heterocycles. The zero-order chi connectivity index (χ0) is 15.8. The van der Waals surface area contributed by atoms with Crippen LogP contribution in [0.5, 0.6) is 0 Å². The summed E-state index contributed by atoms with van der Waals surface area (Å²) in [6, 6.07) is 5.39. The Labute approximate surface area is 135 Å². The molecule has 1 aromatic carbocycles. The summed E-state index contributed by atoms with van der Waals surface area (Å²) in [6.45, 7) is 7.19. The Morgan fingerprint density at radius 3 is 2.48 bits per heavy atom. The monoisotopic (exact) mass is 328 g/mol. The average Bonchev–Trinajstić information content (AvgIpc) is 2.44. The summed E-state index contributed by atoms with van der Waals surface area (Å²) in [6.07, 6.45) is 0. The number of halogens is 1. The highest BCUT2D eigenvalue weighted by Crippen LogP contribution is 2.20. The average molecular weight is 329 g/mol. The van der Waals surface area contributed by atoms with E-state index < -0.39 is 0 Å². The summed E-state index contributed by atoms with van der Waals surface area (Å²) in [5, 5.41) is 3.39. The molecule has 4 nitrogen and oxygen atoms in total. The quantitative estimate of drug-likeness (QED) is 0.836. The van der Waals surface area contributed by atoms with E-state index in [2.05, 4.69) is 5.32 Å². The molecule has 0 spiro atoms. The Hall–Kier alpha value is -1.20. The van der Waals surface area contributed by atoms with Gasteiger partial charge < -0.3 is 10.2 Å². The second kappa shape index (κ2) is 8.95. The summed E-state index contributed by atoms with van der Waals surface area (Å²) in [5.41, 5.74) is 1.64. The molecule has 21 heavy (non-hydrogen) atoms. The van der Waals surface area contributed by atoms with Gasteiger partial charge in [0.1, 0.15) is 0 Å². The van der Waals surface area contributed by atoms with Crippen LogP contribution in [0.15, 0.2) is 18.2 Å². The fourth-order valence-corrected chi connectivity index (χ4v) is 2.66. The third-order valence-corrected chi connectivity index (χ3v) is 4.36. The number of hydrogen-bond donors (Lipinski definition) is 1. The number of benzene rings is 1. The lowest BCUT2D eigenvalue weighted by atomic mass is 10.2. The van der Waals surface area contributed by atoms with Crippen molar-refractivity contribution in [3.8, 4) is 0 Å². The summed E-state index contributed by atoms with van der Waals surface area (Å²) in [7, 11) is 0. The van der Waals surface area contributed by atoms with Gasteiger partial charge in [-0.15, -0.1) is 11.8 Å². The number of rotatable bonds is 7. The Morgan fingerprint density at radius 2 is 1.90 bits per heavy atom. The largest absolute Gasteiger partial charge is 0.343 e. The van der Waals surface area contributed by atoms with Crippen molar-refractivity contribution in [3.63, 3.8) is 0 Å². The van der Waals surface area contributed by atoms with E-state index in [1.165, 1.54) is 11.8 Å². The number of thioether (sulfide) groups is 1. The Bertz CT molecular complexity index is 504. The van der Waals surface area contributed by atoms with Crippen molar-refractivity contribution < 1.29 is 9.59 Å². The molecule has 0 saturated carbocycles. The van der Waals surface area contributed by atoms with Gasteiger partial charge >= 0.3 is 0 Å². The van der Waals surface area contributed by atoms with Crippen LogP contribution in [-0.2, 0) is 9.59 Å². The van der Waals surface area contributed by atoms with Gasteiger partial charge in [0.25, 0.3) is 0 Å². The molecule has 0 heterocycles. The maximum Gasteiger partial charge on any atom is 0.234 e. The van der Waals surface area contributed by atoms with Crippen molar-refractivity contribution in [3.05, 3.63) is 28.8 Å². The van der Waals surface area contributed by atoms with Crippen LogP contribution in [0.1, 0.15) is 19.4 Å². The second-order valence-corrected chi connectivity index (χ2v) is 5.96. The van der Waals surface area contributed by atoms with Gasteiger partial charge in [-0.05, 0) is 38.5 Å². The van der Waals surface area contributed by atoms with E-state index in [-0.39, 0.29) is 17.6 Å². The number of carbonyl (C=O) groups is 2. The minimum absolute atomic E-state index is 0.0659. The lowest BCUT2D eigenvalue weighted by Crippen LogP contribution is -2.32. The summed E-state index contributed by atoms with van der Waals surface area (Å²) in [5.74, 6) is 0.505. The highest BCUT2D eigenvalue weighted by molar-refractivity contribution is 8.00. The van der Waals surface area contributed by atoms with E-state index in [4.69, 9.17) is 11.6 Å². The normalized spacial score (nSPS) is 10.3. The predicted octanol–water partition coefficient (Wildman–Crippen LogP) is 3.19. The topological polar surface area (TPSA) is 49.4 Å². The first-order valence-electron chi connectivity index (χ1n) is 6.89. The van der Waals surface area contributed by atoms with Crippen molar-refractivity contribution in [2.24, 2.45) is 0 Å². The van der Waals surface area contributed by atoms with Crippen LogP contribution in [0.4, 0.5) is 5.69 Å². The van der Waals surface area contributed by atoms with Gasteiger partial charge in [0, 0.05) is 23.8 Å². The number of aryl methyl sites for hydroxylation is 1. The van der Waals surface area contributed by atoms with E-state index in [0.29, 0.717) is 29.6 Å². The van der Waals surface area contributed by atoms with Crippen LogP contribution in [0.25, 0.3) is 0 Å². The van der Waals surface area contributed by atoms with Crippen molar-refractivity contribution in [1.29, 1.82) is 0 Å². The minimum atomic E-state index is -0.132. The minimum Gasteiger partial charge on any atom is -0.343 e. The van der Waals surface area contributed by atoms with Crippen LogP contribution in [-0.4, -0.2) is 41.3 Å². The first kappa shape index (κ1) is 17.9. The molecule has 6 heteroatoms. The highest BCUT2D eigenvalue weighted by Gasteiger charge is 2.11. The number of amides is 2. The molecule has 0 aliphatic heterocycles. The van der Waals surface area contributed by atoms with Gasteiger partial charge in [-0.25, -0.2) is 0 Å². The van der Waals surface area contributed by atoms with Crippen LogP contribution in [0, 0.1) is 6.92 Å². The van der Waals surface area contributed by atoms with Gasteiger partial charge in [0.2, 0.25) is 11.8 Å². The Kier molecular flexibility index (Phi) is 7.61. The van der Waals surface area contributed by atoms with E-state index in [9.17, 15) is 9.59 Å². The third-order valence-electron chi connectivity index (χ3n) is 3.03. The highest BCUT2D eigenvalue weighted by atomic mass is 35.5. The van der Waals surface area contributed by atoms with Gasteiger partial charge in [-0.3, -0.25) is 9.59 Å². The summed E-state index contributed by atoms with van der Waals surface area (Å²) < 4.78 is 0. The molecule has 0 fully saturated rings. The van der Waals surface area contributed by atoms with Crippen LogP contribution >= 0.6 is 23.4 Å². The number of carbonyl (C=O) groups excluding carboxylic acids is 2. The lowest BCUT2D eigenvalue weighted by Gasteiger charge is -2.18. The van der Waals surface area contributed by atoms with Gasteiger partial charge in [0.05, 0.1) is 11.5 Å². The third kappa shape index (κ3) is 5.98. The van der Waals surface area contributed by atoms with Gasteiger partial charge in [-0.2, -0.15) is 0 Å². The maximum absolute atomic E-state index is 11.8. The fraction of sp³-hybridized carbons (Fsp3) is 0.467. The number of nitrogens with zero attached hydrogens (tertiary/aromatic N) is 1. The molecule has 1 aromatic rings. The zero-order valence-corrected chi connectivity index (χ0v) is 14.2. The van der Waals surface area contributed by atoms with Gasteiger partial charge in [-0.1, -0.05) is 17.7 Å². The van der Waals surface area contributed by atoms with E-state index >= 15 is 0 Å². The Balaban J connectivity index is 2.37. The van der Waals surface area contributed by atoms with Crippen molar-refractivity contribution in [1.82, 2.24) is 4.90 Å². The van der Waals surface area contributed by atoms with Crippen molar-refractivity contribution in [2.45, 2.75) is 20.8 Å². The van der Waals surface area contributed by atoms with Crippen molar-refractivity contribution >= 4 is 40.9 Å². The first-order chi connectivity index (χ1) is 9.97. The molecule has 0 bridgehead atoms. The Morgan fingerprint density at radius 1 is 1.24 bits per heavy atom. The lowest BCUT2D eigenvalue weighted by molar-refractivity contribution is -0.127. The smallest absolute Gasteiger partial charge is 0.234 e. The number of nitrogens with one attached hydrogen (secondary N) is 1. The molecule has 0 atom stereocenters. The summed E-state index contributed by atoms with van der Waals surface area (Å²) in [4.78, 5) is 25.3. The molecular formula is C15H21ClN2O2S. The molecule has 0 unspecified atom stereocenters.